The molecule has 21 heavy (non-hydrogen) atoms. The van der Waals surface area contributed by atoms with Gasteiger partial charge in [0.05, 0.1) is 6.61 Å². The summed E-state index contributed by atoms with van der Waals surface area (Å²) in [4.78, 5) is 2.35. The molecule has 2 rings (SSSR count). The SMILES string of the molecule is CC(C)COCCOc1ccc(N2CCCC(N)C2)cc1. The van der Waals surface area contributed by atoms with Gasteiger partial charge in [0.15, 0.2) is 0 Å². The van der Waals surface area contributed by atoms with Crippen LogP contribution in [-0.4, -0.2) is 39.0 Å². The van der Waals surface area contributed by atoms with E-state index in [2.05, 4.69) is 30.9 Å². The second kappa shape index (κ2) is 8.25. The minimum atomic E-state index is 0.299. The summed E-state index contributed by atoms with van der Waals surface area (Å²) in [5, 5.41) is 0. The van der Waals surface area contributed by atoms with E-state index in [-0.39, 0.29) is 0 Å². The molecule has 1 aromatic rings. The molecule has 0 bridgehead atoms. The fourth-order valence-electron chi connectivity index (χ4n) is 2.54. The molecule has 4 nitrogen and oxygen atoms in total. The van der Waals surface area contributed by atoms with Gasteiger partial charge < -0.3 is 20.1 Å². The molecule has 0 saturated carbocycles. The lowest BCUT2D eigenvalue weighted by Crippen LogP contribution is -2.42. The van der Waals surface area contributed by atoms with E-state index < -0.39 is 0 Å². The van der Waals surface area contributed by atoms with Crippen molar-refractivity contribution in [3.8, 4) is 5.75 Å². The highest BCUT2D eigenvalue weighted by molar-refractivity contribution is 5.49. The van der Waals surface area contributed by atoms with Gasteiger partial charge in [0.1, 0.15) is 12.4 Å². The number of hydrogen-bond donors (Lipinski definition) is 1. The molecule has 1 unspecified atom stereocenters. The first-order valence-electron chi connectivity index (χ1n) is 7.96. The standard InChI is InChI=1S/C17H28N2O2/c1-14(2)13-20-10-11-21-17-7-5-16(6-8-17)19-9-3-4-15(18)12-19/h5-8,14-15H,3-4,9-13,18H2,1-2H3. The van der Waals surface area contributed by atoms with Gasteiger partial charge in [0, 0.05) is 31.4 Å². The van der Waals surface area contributed by atoms with Crippen LogP contribution in [0.15, 0.2) is 24.3 Å². The summed E-state index contributed by atoms with van der Waals surface area (Å²) >= 11 is 0. The van der Waals surface area contributed by atoms with Gasteiger partial charge in [-0.1, -0.05) is 13.8 Å². The number of hydrogen-bond acceptors (Lipinski definition) is 4. The predicted molar refractivity (Wildman–Crippen MR) is 87.0 cm³/mol. The Kier molecular flexibility index (Phi) is 6.33. The fourth-order valence-corrected chi connectivity index (χ4v) is 2.54. The molecule has 118 valence electrons. The maximum absolute atomic E-state index is 6.03. The van der Waals surface area contributed by atoms with Crippen LogP contribution in [0.25, 0.3) is 0 Å². The molecule has 1 saturated heterocycles. The van der Waals surface area contributed by atoms with E-state index in [1.165, 1.54) is 12.1 Å². The minimum absolute atomic E-state index is 0.299. The summed E-state index contributed by atoms with van der Waals surface area (Å²) in [6, 6.07) is 8.58. The molecule has 0 aliphatic carbocycles. The van der Waals surface area contributed by atoms with Crippen molar-refractivity contribution in [2.45, 2.75) is 32.7 Å². The van der Waals surface area contributed by atoms with E-state index in [0.717, 1.165) is 31.9 Å². The van der Waals surface area contributed by atoms with Gasteiger partial charge in [-0.15, -0.1) is 0 Å². The van der Waals surface area contributed by atoms with Crippen LogP contribution in [0.5, 0.6) is 5.75 Å². The Morgan fingerprint density at radius 2 is 2.00 bits per heavy atom. The number of rotatable bonds is 7. The summed E-state index contributed by atoms with van der Waals surface area (Å²) in [6.45, 7) is 8.36. The fraction of sp³-hybridized carbons (Fsp3) is 0.647. The molecule has 1 aromatic carbocycles. The van der Waals surface area contributed by atoms with Crippen molar-refractivity contribution in [2.75, 3.05) is 37.8 Å². The van der Waals surface area contributed by atoms with E-state index in [9.17, 15) is 0 Å². The minimum Gasteiger partial charge on any atom is -0.491 e. The Balaban J connectivity index is 1.74. The normalized spacial score (nSPS) is 19.0. The lowest BCUT2D eigenvalue weighted by Gasteiger charge is -2.32. The Bertz CT molecular complexity index is 406. The third-order valence-electron chi connectivity index (χ3n) is 3.61. The van der Waals surface area contributed by atoms with Crippen LogP contribution in [0, 0.1) is 5.92 Å². The molecular formula is C17H28N2O2. The smallest absolute Gasteiger partial charge is 0.119 e. The van der Waals surface area contributed by atoms with E-state index in [4.69, 9.17) is 15.2 Å². The zero-order valence-corrected chi connectivity index (χ0v) is 13.3. The number of ether oxygens (including phenoxy) is 2. The highest BCUT2D eigenvalue weighted by Crippen LogP contribution is 2.22. The average Bonchev–Trinajstić information content (AvgIpc) is 2.47. The molecule has 2 N–H and O–H groups in total. The Labute approximate surface area is 128 Å². The van der Waals surface area contributed by atoms with Gasteiger partial charge in [-0.3, -0.25) is 0 Å². The Morgan fingerprint density at radius 1 is 1.24 bits per heavy atom. The monoisotopic (exact) mass is 292 g/mol. The maximum atomic E-state index is 6.03. The van der Waals surface area contributed by atoms with Crippen molar-refractivity contribution >= 4 is 5.69 Å². The van der Waals surface area contributed by atoms with Crippen LogP contribution >= 0.6 is 0 Å². The van der Waals surface area contributed by atoms with E-state index in [1.54, 1.807) is 0 Å². The lowest BCUT2D eigenvalue weighted by molar-refractivity contribution is 0.0819. The van der Waals surface area contributed by atoms with Crippen molar-refractivity contribution in [2.24, 2.45) is 11.7 Å². The number of piperidine rings is 1. The molecule has 1 atom stereocenters. The van der Waals surface area contributed by atoms with Crippen molar-refractivity contribution in [1.82, 2.24) is 0 Å². The molecule has 0 radical (unpaired) electrons. The Morgan fingerprint density at radius 3 is 2.67 bits per heavy atom. The molecule has 0 spiro atoms. The van der Waals surface area contributed by atoms with Gasteiger partial charge >= 0.3 is 0 Å². The number of nitrogens with zero attached hydrogens (tertiary/aromatic N) is 1. The van der Waals surface area contributed by atoms with Gasteiger partial charge in [0.2, 0.25) is 0 Å². The first-order valence-corrected chi connectivity index (χ1v) is 7.96. The van der Waals surface area contributed by atoms with Crippen LogP contribution in [0.4, 0.5) is 5.69 Å². The molecule has 0 amide bonds. The molecule has 1 fully saturated rings. The molecule has 1 heterocycles. The molecule has 4 heteroatoms. The third kappa shape index (κ3) is 5.56. The van der Waals surface area contributed by atoms with Crippen molar-refractivity contribution in [1.29, 1.82) is 0 Å². The quantitative estimate of drug-likeness (QED) is 0.785. The highest BCUT2D eigenvalue weighted by atomic mass is 16.5. The van der Waals surface area contributed by atoms with E-state index in [1.807, 2.05) is 12.1 Å². The van der Waals surface area contributed by atoms with Crippen LogP contribution in [0.2, 0.25) is 0 Å². The largest absolute Gasteiger partial charge is 0.491 e. The molecule has 1 aliphatic heterocycles. The van der Waals surface area contributed by atoms with Crippen LogP contribution in [-0.2, 0) is 4.74 Å². The average molecular weight is 292 g/mol. The topological polar surface area (TPSA) is 47.7 Å². The number of anilines is 1. The molecule has 1 aliphatic rings. The summed E-state index contributed by atoms with van der Waals surface area (Å²) in [5.74, 6) is 1.47. The maximum Gasteiger partial charge on any atom is 0.119 e. The van der Waals surface area contributed by atoms with E-state index >= 15 is 0 Å². The zero-order valence-electron chi connectivity index (χ0n) is 13.3. The molecule has 0 aromatic heterocycles. The summed E-state index contributed by atoms with van der Waals surface area (Å²) in [5.41, 5.74) is 7.26. The summed E-state index contributed by atoms with van der Waals surface area (Å²) in [6.07, 6.45) is 2.31. The second-order valence-electron chi connectivity index (χ2n) is 6.16. The number of benzene rings is 1. The van der Waals surface area contributed by atoms with Crippen molar-refractivity contribution in [3.63, 3.8) is 0 Å². The van der Waals surface area contributed by atoms with Gasteiger partial charge in [-0.2, -0.15) is 0 Å². The first kappa shape index (κ1) is 16.1. The summed E-state index contributed by atoms with van der Waals surface area (Å²) < 4.78 is 11.2. The zero-order chi connectivity index (χ0) is 15.1. The van der Waals surface area contributed by atoms with E-state index in [0.29, 0.717) is 25.2 Å². The van der Waals surface area contributed by atoms with Gasteiger partial charge in [0.25, 0.3) is 0 Å². The van der Waals surface area contributed by atoms with Crippen LogP contribution in [0.1, 0.15) is 26.7 Å². The van der Waals surface area contributed by atoms with Gasteiger partial charge in [-0.05, 0) is 43.0 Å². The van der Waals surface area contributed by atoms with Crippen molar-refractivity contribution < 1.29 is 9.47 Å². The first-order chi connectivity index (χ1) is 10.1. The summed E-state index contributed by atoms with van der Waals surface area (Å²) in [7, 11) is 0. The van der Waals surface area contributed by atoms with Crippen LogP contribution in [0.3, 0.4) is 0 Å². The predicted octanol–water partition coefficient (Wildman–Crippen LogP) is 2.67. The van der Waals surface area contributed by atoms with Crippen molar-refractivity contribution in [3.05, 3.63) is 24.3 Å². The second-order valence-corrected chi connectivity index (χ2v) is 6.16. The third-order valence-corrected chi connectivity index (χ3v) is 3.61. The highest BCUT2D eigenvalue weighted by Gasteiger charge is 2.16. The number of nitrogens with two attached hydrogens (primary N) is 1. The lowest BCUT2D eigenvalue weighted by atomic mass is 10.1. The van der Waals surface area contributed by atoms with Crippen LogP contribution < -0.4 is 15.4 Å². The van der Waals surface area contributed by atoms with Gasteiger partial charge in [-0.25, -0.2) is 0 Å². The molecular weight excluding hydrogens is 264 g/mol. The Hall–Kier alpha value is -1.26.